The Morgan fingerprint density at radius 3 is 2.55 bits per heavy atom. The number of nitro benzene ring substituents is 1. The van der Waals surface area contributed by atoms with E-state index in [1.165, 1.54) is 0 Å². The maximum Gasteiger partial charge on any atom is 0.311 e. The number of amides is 1. The van der Waals surface area contributed by atoms with Gasteiger partial charge in [0.05, 0.1) is 27.7 Å². The number of carbonyl (C=O) groups excluding carboxylic acids is 1. The monoisotopic (exact) mass is 398 g/mol. The van der Waals surface area contributed by atoms with Gasteiger partial charge in [0.25, 0.3) is 5.91 Å². The van der Waals surface area contributed by atoms with Crippen LogP contribution in [0.15, 0.2) is 42.5 Å². The summed E-state index contributed by atoms with van der Waals surface area (Å²) in [6.45, 7) is 5.04. The Morgan fingerprint density at radius 1 is 1.21 bits per heavy atom. The van der Waals surface area contributed by atoms with Gasteiger partial charge >= 0.3 is 5.69 Å². The first-order valence-corrected chi connectivity index (χ1v) is 8.76. The van der Waals surface area contributed by atoms with Crippen LogP contribution in [0.25, 0.3) is 5.69 Å². The van der Waals surface area contributed by atoms with Crippen LogP contribution in [-0.2, 0) is 4.79 Å². The highest BCUT2D eigenvalue weighted by Gasteiger charge is 2.19. The lowest BCUT2D eigenvalue weighted by Gasteiger charge is -2.09. The predicted molar refractivity (Wildman–Crippen MR) is 105 cm³/mol. The topological polar surface area (TPSA) is 99.3 Å². The lowest BCUT2D eigenvalue weighted by Crippen LogP contribution is -2.21. The first-order valence-electron chi connectivity index (χ1n) is 8.76. The Morgan fingerprint density at radius 2 is 1.90 bits per heavy atom. The minimum absolute atomic E-state index is 0.311. The average molecular weight is 398 g/mol. The van der Waals surface area contributed by atoms with Crippen LogP contribution in [0.2, 0.25) is 0 Å². The van der Waals surface area contributed by atoms with Crippen molar-refractivity contribution in [2.75, 3.05) is 11.9 Å². The van der Waals surface area contributed by atoms with E-state index in [2.05, 4.69) is 10.4 Å². The molecule has 0 aliphatic heterocycles. The van der Waals surface area contributed by atoms with E-state index in [-0.39, 0.29) is 5.75 Å². The molecular weight excluding hydrogens is 379 g/mol. The number of hydrogen-bond acceptors (Lipinski definition) is 5. The molecule has 0 saturated heterocycles. The van der Waals surface area contributed by atoms with Crippen molar-refractivity contribution in [1.82, 2.24) is 9.78 Å². The number of aryl methyl sites for hydroxylation is 2. The highest BCUT2D eigenvalue weighted by molar-refractivity contribution is 5.93. The fourth-order valence-corrected chi connectivity index (χ4v) is 2.83. The van der Waals surface area contributed by atoms with Gasteiger partial charge in [0, 0.05) is 12.1 Å². The van der Waals surface area contributed by atoms with E-state index < -0.39 is 28.9 Å². The van der Waals surface area contributed by atoms with Crippen molar-refractivity contribution in [3.8, 4) is 11.4 Å². The normalized spacial score (nSPS) is 10.6. The first kappa shape index (κ1) is 20.0. The van der Waals surface area contributed by atoms with Crippen LogP contribution in [0.3, 0.4) is 0 Å². The third-order valence-electron chi connectivity index (χ3n) is 4.31. The first-order chi connectivity index (χ1) is 13.8. The molecule has 0 fully saturated rings. The van der Waals surface area contributed by atoms with Crippen LogP contribution in [0, 0.1) is 36.7 Å². The summed E-state index contributed by atoms with van der Waals surface area (Å²) in [5.74, 6) is -1.55. The second kappa shape index (κ2) is 8.09. The number of nitrogens with one attached hydrogen (secondary N) is 1. The molecule has 1 amide bonds. The van der Waals surface area contributed by atoms with Gasteiger partial charge in [0.2, 0.25) is 5.75 Å². The van der Waals surface area contributed by atoms with Crippen LogP contribution >= 0.6 is 0 Å². The largest absolute Gasteiger partial charge is 0.477 e. The number of hydrogen-bond donors (Lipinski definition) is 1. The number of carbonyl (C=O) groups is 1. The van der Waals surface area contributed by atoms with Crippen molar-refractivity contribution in [1.29, 1.82) is 0 Å². The summed E-state index contributed by atoms with van der Waals surface area (Å²) in [6.07, 6.45) is 0. The summed E-state index contributed by atoms with van der Waals surface area (Å²) < 4.78 is 20.3. The standard InChI is InChI=1S/C20H19FN4O4/c1-12-4-7-16(8-5-12)24-14(3)20(13(2)23-24)22-19(26)11-29-18-10-15(21)6-9-17(18)25(27)28/h4-10H,11H2,1-3H3,(H,22,26). The fourth-order valence-electron chi connectivity index (χ4n) is 2.83. The van der Waals surface area contributed by atoms with E-state index in [0.29, 0.717) is 11.4 Å². The molecule has 1 heterocycles. The van der Waals surface area contributed by atoms with Crippen LogP contribution in [-0.4, -0.2) is 27.2 Å². The molecule has 9 heteroatoms. The fraction of sp³-hybridized carbons (Fsp3) is 0.200. The van der Waals surface area contributed by atoms with Gasteiger partial charge in [-0.25, -0.2) is 9.07 Å². The highest BCUT2D eigenvalue weighted by Crippen LogP contribution is 2.28. The van der Waals surface area contributed by atoms with Gasteiger partial charge in [0.15, 0.2) is 6.61 Å². The Balaban J connectivity index is 1.74. The molecule has 0 aliphatic carbocycles. The van der Waals surface area contributed by atoms with E-state index in [1.807, 2.05) is 38.1 Å². The van der Waals surface area contributed by atoms with E-state index in [9.17, 15) is 19.3 Å². The molecule has 0 atom stereocenters. The predicted octanol–water partition coefficient (Wildman–Crippen LogP) is 3.86. The highest BCUT2D eigenvalue weighted by atomic mass is 19.1. The molecule has 0 spiro atoms. The zero-order chi connectivity index (χ0) is 21.1. The maximum atomic E-state index is 13.4. The third-order valence-corrected chi connectivity index (χ3v) is 4.31. The van der Waals surface area contributed by atoms with Gasteiger partial charge in [-0.1, -0.05) is 17.7 Å². The number of nitrogens with zero attached hydrogens (tertiary/aromatic N) is 3. The van der Waals surface area contributed by atoms with Gasteiger partial charge in [-0.2, -0.15) is 5.10 Å². The number of anilines is 1. The smallest absolute Gasteiger partial charge is 0.311 e. The molecule has 0 unspecified atom stereocenters. The van der Waals surface area contributed by atoms with Crippen LogP contribution in [0.5, 0.6) is 5.75 Å². The summed E-state index contributed by atoms with van der Waals surface area (Å²) >= 11 is 0. The third kappa shape index (κ3) is 4.40. The summed E-state index contributed by atoms with van der Waals surface area (Å²) in [5.41, 5.74) is 3.40. The van der Waals surface area contributed by atoms with Gasteiger partial charge < -0.3 is 10.1 Å². The quantitative estimate of drug-likeness (QED) is 0.502. The van der Waals surface area contributed by atoms with Crippen LogP contribution in [0.4, 0.5) is 15.8 Å². The number of rotatable bonds is 6. The van der Waals surface area contributed by atoms with Crippen molar-refractivity contribution in [3.05, 3.63) is 75.3 Å². The molecule has 0 aliphatic rings. The van der Waals surface area contributed by atoms with Gasteiger partial charge in [-0.15, -0.1) is 0 Å². The molecule has 0 radical (unpaired) electrons. The lowest BCUT2D eigenvalue weighted by molar-refractivity contribution is -0.385. The van der Waals surface area contributed by atoms with Crippen molar-refractivity contribution in [3.63, 3.8) is 0 Å². The molecule has 3 rings (SSSR count). The molecule has 2 aromatic carbocycles. The van der Waals surface area contributed by atoms with Gasteiger partial charge in [0.1, 0.15) is 5.82 Å². The number of halogens is 1. The summed E-state index contributed by atoms with van der Waals surface area (Å²) in [6, 6.07) is 10.6. The van der Waals surface area contributed by atoms with Crippen molar-refractivity contribution in [2.45, 2.75) is 20.8 Å². The lowest BCUT2D eigenvalue weighted by atomic mass is 10.2. The SMILES string of the molecule is Cc1ccc(-n2nc(C)c(NC(=O)COc3cc(F)ccc3[N+](=O)[O-])c2C)cc1. The van der Waals surface area contributed by atoms with E-state index in [0.717, 1.165) is 35.1 Å². The van der Waals surface area contributed by atoms with E-state index in [1.54, 1.807) is 11.6 Å². The molecule has 1 aromatic heterocycles. The molecule has 0 bridgehead atoms. The van der Waals surface area contributed by atoms with Gasteiger partial charge in [-0.3, -0.25) is 14.9 Å². The number of ether oxygens (including phenoxy) is 1. The summed E-state index contributed by atoms with van der Waals surface area (Å²) in [4.78, 5) is 22.6. The van der Waals surface area contributed by atoms with Gasteiger partial charge in [-0.05, 0) is 39.0 Å². The Kier molecular flexibility index (Phi) is 5.58. The summed E-state index contributed by atoms with van der Waals surface area (Å²) in [7, 11) is 0. The Bertz CT molecular complexity index is 1080. The Labute approximate surface area is 166 Å². The molecule has 1 N–H and O–H groups in total. The number of nitro groups is 1. The second-order valence-electron chi connectivity index (χ2n) is 6.50. The van der Waals surface area contributed by atoms with E-state index >= 15 is 0 Å². The number of aromatic nitrogens is 2. The molecule has 29 heavy (non-hydrogen) atoms. The molecule has 3 aromatic rings. The molecular formula is C20H19FN4O4. The minimum atomic E-state index is -0.702. The molecule has 0 saturated carbocycles. The minimum Gasteiger partial charge on any atom is -0.477 e. The van der Waals surface area contributed by atoms with Crippen molar-refractivity contribution >= 4 is 17.3 Å². The van der Waals surface area contributed by atoms with E-state index in [4.69, 9.17) is 4.74 Å². The second-order valence-corrected chi connectivity index (χ2v) is 6.50. The average Bonchev–Trinajstić information content (AvgIpc) is 2.95. The van der Waals surface area contributed by atoms with Crippen LogP contribution < -0.4 is 10.1 Å². The zero-order valence-electron chi connectivity index (χ0n) is 16.1. The zero-order valence-corrected chi connectivity index (χ0v) is 16.1. The maximum absolute atomic E-state index is 13.4. The van der Waals surface area contributed by atoms with Crippen molar-refractivity contribution < 1.29 is 18.8 Å². The Hall–Kier alpha value is -3.75. The van der Waals surface area contributed by atoms with Crippen LogP contribution in [0.1, 0.15) is 17.0 Å². The number of benzene rings is 2. The molecule has 150 valence electrons. The molecule has 8 nitrogen and oxygen atoms in total. The summed E-state index contributed by atoms with van der Waals surface area (Å²) in [5, 5.41) is 18.2. The van der Waals surface area contributed by atoms with Crippen molar-refractivity contribution in [2.24, 2.45) is 0 Å².